The third kappa shape index (κ3) is 26.6. The molecule has 9 heterocycles. The zero-order chi connectivity index (χ0) is 81.3. The molecule has 32 heteroatoms. The zero-order valence-electron chi connectivity index (χ0n) is 63.3. The molecule has 4 aliphatic rings. The average molecular weight is 1690 g/mol. The number of fused-ring (bicyclic) bond motifs is 1. The fraction of sp³-hybridized carbons (Fsp3) is 0.385. The molecule has 3 fully saturated rings. The number of nitrogens with one attached hydrogen (secondary N) is 1. The van der Waals surface area contributed by atoms with E-state index in [1.54, 1.807) is 136 Å². The van der Waals surface area contributed by atoms with E-state index >= 15 is 0 Å². The van der Waals surface area contributed by atoms with E-state index in [1.165, 1.54) is 83.5 Å². The van der Waals surface area contributed by atoms with Gasteiger partial charge in [-0.25, -0.2) is 19.2 Å². The van der Waals surface area contributed by atoms with E-state index in [0.29, 0.717) is 76.6 Å². The van der Waals surface area contributed by atoms with Crippen molar-refractivity contribution in [2.75, 3.05) is 69.6 Å². The van der Waals surface area contributed by atoms with E-state index in [4.69, 9.17) is 115 Å². The molecule has 2 atom stereocenters. The number of rotatable bonds is 20. The van der Waals surface area contributed by atoms with Crippen LogP contribution in [0.1, 0.15) is 122 Å². The lowest BCUT2D eigenvalue weighted by Crippen LogP contribution is -2.52. The predicted octanol–water partition coefficient (Wildman–Crippen LogP) is 15.3. The van der Waals surface area contributed by atoms with Gasteiger partial charge >= 0.3 is 23.8 Å². The second kappa shape index (κ2) is 46.2. The lowest BCUT2D eigenvalue weighted by Gasteiger charge is -2.19. The van der Waals surface area contributed by atoms with Crippen LogP contribution in [0.5, 0.6) is 46.0 Å². The number of hydrogen-bond donors (Lipinski definition) is 2. The van der Waals surface area contributed by atoms with Crippen molar-refractivity contribution in [1.82, 2.24) is 24.9 Å². The molecule has 3 saturated carbocycles. The predicted molar refractivity (Wildman–Crippen MR) is 419 cm³/mol. The van der Waals surface area contributed by atoms with Gasteiger partial charge in [-0.2, -0.15) is 0 Å². The van der Waals surface area contributed by atoms with Gasteiger partial charge in [0.15, 0.2) is 40.5 Å². The second-order valence-electron chi connectivity index (χ2n) is 23.8. The Hall–Kier alpha value is -9.51. The molecule has 8 aromatic heterocycles. The van der Waals surface area contributed by atoms with E-state index in [1.807, 2.05) is 6.92 Å². The molecule has 0 bridgehead atoms. The lowest BCUT2D eigenvalue weighted by atomic mass is 9.91. The van der Waals surface area contributed by atoms with Gasteiger partial charge in [-0.3, -0.25) is 34.3 Å². The van der Waals surface area contributed by atoms with Crippen LogP contribution >= 0.6 is 73.9 Å². The maximum absolute atomic E-state index is 12.6. The Labute approximate surface area is 670 Å². The summed E-state index contributed by atoms with van der Waals surface area (Å²) >= 11 is 33.2. The summed E-state index contributed by atoms with van der Waals surface area (Å²) < 4.78 is 61.7. The molecule has 8 aromatic rings. The molecule has 110 heavy (non-hydrogen) atoms. The van der Waals surface area contributed by atoms with E-state index in [-0.39, 0.29) is 76.8 Å². The Morgan fingerprint density at radius 1 is 0.573 bits per heavy atom. The van der Waals surface area contributed by atoms with Gasteiger partial charge < -0.3 is 66.3 Å². The van der Waals surface area contributed by atoms with Gasteiger partial charge in [0.25, 0.3) is 0 Å². The highest BCUT2D eigenvalue weighted by molar-refractivity contribution is 9.08. The third-order valence-electron chi connectivity index (χ3n) is 16.2. The summed E-state index contributed by atoms with van der Waals surface area (Å²) in [4.78, 5) is 101. The molecule has 0 radical (unpaired) electrons. The fourth-order valence-corrected chi connectivity index (χ4v) is 12.1. The van der Waals surface area contributed by atoms with Gasteiger partial charge in [-0.05, 0) is 142 Å². The first-order valence-electron chi connectivity index (χ1n) is 34.3. The molecule has 0 saturated heterocycles. The minimum absolute atomic E-state index is 0.0641. The number of nitrogens with zero attached hydrogens (tertiary/aromatic N) is 5. The summed E-state index contributed by atoms with van der Waals surface area (Å²) in [7, 11) is 10.8. The van der Waals surface area contributed by atoms with Crippen molar-refractivity contribution in [2.45, 2.75) is 111 Å². The normalized spacial score (nSPS) is 13.5. The number of carbonyl (C=O) groups excluding carboxylic acids is 4. The summed E-state index contributed by atoms with van der Waals surface area (Å²) in [5.41, 5.74) is 4.04. The molecule has 1 aliphatic heterocycles. The first kappa shape index (κ1) is 91.1. The minimum atomic E-state index is -0.701. The van der Waals surface area contributed by atoms with Crippen molar-refractivity contribution in [3.05, 3.63) is 223 Å². The second-order valence-corrected chi connectivity index (χ2v) is 26.4. The standard InChI is InChI=1S/C18H22ClNO5.C16H17ClNO4.C10H12ClNO.C7H7BrClNO.C7H8ClNO.C7H9NO2.C7H8O3.C6H6O3/c1-4-24-17(21)13(18(22)25-5-2)10-12(11-6-7-11)15-16(23-3)14(19)8-9-20-15;1-3-22-16(20)11-8-10(9-4-5-9)13-14(21-2)12(17)6-7-18(13)15(11)19;1-13-10-8(11)4-5-12-9(10)6-7-2-3-7;1-11-7-5(9)2-3-10-6(7)4-8;1-5-7(10-2)6(8)3-4-9-5;1-5-7(10-2)6(9)3-4-8-5;1-5-7(9-2)6(8)3-4-10-5;1-4-6(8)5(7)2-3-9-4/h8-12H,4-7H2,1-3H3;6-10H,3-5H2,1-2H3;4-5,7H,2-3,6H2,1H3;2-3H,4H2,1H3;3-4H,1-2H3;3-4H,1-2H3,(H,8,9);3-4H,1-2H3;2-3,8H,1H3/q;+1;;;;;;. The molecule has 3 aliphatic carbocycles. The number of esters is 3. The summed E-state index contributed by atoms with van der Waals surface area (Å²) in [5.74, 6) is 2.85. The van der Waals surface area contributed by atoms with Crippen molar-refractivity contribution in [1.29, 1.82) is 0 Å². The van der Waals surface area contributed by atoms with E-state index in [0.717, 1.165) is 72.2 Å². The Balaban J connectivity index is 0.000000232. The number of methoxy groups -OCH3 is 7. The number of ether oxygens (including phenoxy) is 10. The van der Waals surface area contributed by atoms with Gasteiger partial charge in [0.1, 0.15) is 17.1 Å². The van der Waals surface area contributed by atoms with Crippen LogP contribution in [-0.2, 0) is 40.3 Å². The highest BCUT2D eigenvalue weighted by Gasteiger charge is 2.47. The number of aryl methyl sites for hydroxylation is 4. The Bertz CT molecular complexity index is 4560. The van der Waals surface area contributed by atoms with Crippen LogP contribution in [0.2, 0.25) is 25.1 Å². The number of hydrogen-bond acceptors (Lipinski definition) is 24. The number of alkyl halides is 1. The molecule has 2 N–H and O–H groups in total. The smallest absolute Gasteiger partial charge is 0.432 e. The van der Waals surface area contributed by atoms with Crippen molar-refractivity contribution in [3.63, 3.8) is 0 Å². The number of carbonyl (C=O) groups is 4. The first-order chi connectivity index (χ1) is 52.7. The van der Waals surface area contributed by atoms with Gasteiger partial charge in [-0.15, -0.1) is 4.57 Å². The van der Waals surface area contributed by atoms with Crippen LogP contribution in [-0.4, -0.2) is 123 Å². The van der Waals surface area contributed by atoms with E-state index in [9.17, 15) is 33.6 Å². The van der Waals surface area contributed by atoms with Crippen LogP contribution in [0, 0.1) is 45.4 Å². The Kier molecular flexibility index (Phi) is 38.3. The van der Waals surface area contributed by atoms with Crippen molar-refractivity contribution >= 4 is 97.7 Å². The molecule has 0 amide bonds. The Morgan fingerprint density at radius 3 is 1.49 bits per heavy atom. The van der Waals surface area contributed by atoms with Crippen LogP contribution in [0.15, 0.2) is 145 Å². The van der Waals surface area contributed by atoms with Gasteiger partial charge in [-0.1, -0.05) is 80.0 Å². The number of allylic oxidation sites excluding steroid dienone is 2. The molecule has 2 unspecified atom stereocenters. The molecular weight excluding hydrogens is 1600 g/mol. The fourth-order valence-electron chi connectivity index (χ4n) is 10.5. The summed E-state index contributed by atoms with van der Waals surface area (Å²) in [5, 5.41) is 12.2. The maximum atomic E-state index is 12.6. The van der Waals surface area contributed by atoms with E-state index < -0.39 is 29.2 Å². The number of aromatic hydroxyl groups is 1. The number of aromatic amines is 1. The topological polar surface area (TPSA) is 330 Å². The van der Waals surface area contributed by atoms with Crippen molar-refractivity contribution in [2.24, 2.45) is 17.8 Å². The average Bonchev–Trinajstić information content (AvgIpc) is 1.36. The Morgan fingerprint density at radius 2 is 1.05 bits per heavy atom. The van der Waals surface area contributed by atoms with Crippen LogP contribution in [0.3, 0.4) is 0 Å². The van der Waals surface area contributed by atoms with E-state index in [2.05, 4.69) is 45.3 Å². The lowest BCUT2D eigenvalue weighted by molar-refractivity contribution is -0.582. The molecule has 592 valence electrons. The highest BCUT2D eigenvalue weighted by atomic mass is 79.9. The summed E-state index contributed by atoms with van der Waals surface area (Å²) in [6.07, 6.45) is 23.4. The van der Waals surface area contributed by atoms with Crippen LogP contribution in [0.25, 0.3) is 0 Å². The minimum Gasteiger partial charge on any atom is -0.502 e. The third-order valence-corrected chi connectivity index (χ3v) is 18.3. The summed E-state index contributed by atoms with van der Waals surface area (Å²) in [6.45, 7) is 12.5. The SMILES string of the molecule is CCOC(=O)C(=CC(c1nccc(Cl)c1OC)C1CC1)C(=O)OCC.CCOC(=O)C1=CC(C2CC2)c2c(OC)c(Cl)cc[n+]2C1=O.COc1c(C)[nH]ccc1=O.COc1c(C)occc1=O.COc1c(Cl)ccnc1C.COc1c(Cl)ccnc1CBr.COc1c(Cl)ccnc1CC1CC1.Cc1occc(=O)c1O. The van der Waals surface area contributed by atoms with Crippen molar-refractivity contribution < 1.29 is 85.1 Å². The van der Waals surface area contributed by atoms with Gasteiger partial charge in [0.05, 0.1) is 142 Å². The molecule has 26 nitrogen and oxygen atoms in total. The first-order valence-corrected chi connectivity index (χ1v) is 37.3. The zero-order valence-corrected chi connectivity index (χ0v) is 68.6. The van der Waals surface area contributed by atoms with Gasteiger partial charge in [0.2, 0.25) is 39.2 Å². The highest BCUT2D eigenvalue weighted by Crippen LogP contribution is 2.49. The quantitative estimate of drug-likeness (QED) is 0.0136. The monoisotopic (exact) mass is 1680 g/mol. The number of H-pyrrole nitrogens is 1. The number of halogens is 6. The number of pyridine rings is 6. The van der Waals surface area contributed by atoms with Crippen LogP contribution in [0.4, 0.5) is 0 Å². The molecule has 12 rings (SSSR count). The van der Waals surface area contributed by atoms with Gasteiger partial charge in [0, 0.05) is 66.5 Å². The van der Waals surface area contributed by atoms with Crippen molar-refractivity contribution in [3.8, 4) is 46.0 Å². The summed E-state index contributed by atoms with van der Waals surface area (Å²) in [6, 6.07) is 12.3. The maximum Gasteiger partial charge on any atom is 0.432 e. The van der Waals surface area contributed by atoms with Crippen LogP contribution < -0.4 is 54.0 Å². The molecular formula is C78H89BrCl5N6O20+. The largest absolute Gasteiger partial charge is 0.502 e. The molecule has 0 aromatic carbocycles. The molecule has 0 spiro atoms. The number of aromatic nitrogens is 6.